The Kier molecular flexibility index (Phi) is 6.75. The van der Waals surface area contributed by atoms with E-state index < -0.39 is 0 Å². The second-order valence-corrected chi connectivity index (χ2v) is 10.1. The molecule has 2 aromatic carbocycles. The molecule has 0 aliphatic carbocycles. The second kappa shape index (κ2) is 10.00. The molecule has 1 aliphatic rings. The average Bonchev–Trinajstić information content (AvgIpc) is 3.37. The number of pyridine rings is 1. The molecule has 6 nitrogen and oxygen atoms in total. The fourth-order valence-corrected chi connectivity index (χ4v) is 5.67. The van der Waals surface area contributed by atoms with Crippen molar-refractivity contribution in [1.29, 1.82) is 0 Å². The molecule has 5 rings (SSSR count). The Balaban J connectivity index is 1.65. The molecule has 0 spiro atoms. The maximum Gasteiger partial charge on any atom is 0.221 e. The van der Waals surface area contributed by atoms with Gasteiger partial charge in [0.15, 0.2) is 5.11 Å². The zero-order valence-electron chi connectivity index (χ0n) is 21.1. The molecule has 188 valence electrons. The Morgan fingerprint density at radius 3 is 2.49 bits per heavy atom. The van der Waals surface area contributed by atoms with Gasteiger partial charge in [0.1, 0.15) is 0 Å². The molecule has 4 aromatic rings. The number of anilines is 2. The second-order valence-electron chi connectivity index (χ2n) is 9.27. The van der Waals surface area contributed by atoms with E-state index in [1.807, 2.05) is 61.5 Å². The molecular weight excluding hydrogens is 502 g/mol. The minimum Gasteiger partial charge on any atom is -0.351 e. The van der Waals surface area contributed by atoms with E-state index in [1.165, 1.54) is 6.92 Å². The van der Waals surface area contributed by atoms with Gasteiger partial charge in [0, 0.05) is 46.6 Å². The van der Waals surface area contributed by atoms with Gasteiger partial charge in [0.2, 0.25) is 5.91 Å². The van der Waals surface area contributed by atoms with Gasteiger partial charge in [-0.3, -0.25) is 9.78 Å². The molecule has 0 bridgehead atoms. The summed E-state index contributed by atoms with van der Waals surface area (Å²) in [7, 11) is 0. The van der Waals surface area contributed by atoms with Crippen molar-refractivity contribution in [2.45, 2.75) is 39.8 Å². The van der Waals surface area contributed by atoms with Gasteiger partial charge >= 0.3 is 0 Å². The van der Waals surface area contributed by atoms with Crippen LogP contribution in [0.1, 0.15) is 47.2 Å². The fraction of sp³-hybridized carbons (Fsp3) is 0.207. The number of aryl methyl sites for hydroxylation is 1. The highest BCUT2D eigenvalue weighted by molar-refractivity contribution is 7.80. The summed E-state index contributed by atoms with van der Waals surface area (Å²) in [4.78, 5) is 18.3. The Bertz CT molecular complexity index is 1480. The fourth-order valence-electron chi connectivity index (χ4n) is 5.15. The largest absolute Gasteiger partial charge is 0.351 e. The molecule has 1 fully saturated rings. The molecule has 0 radical (unpaired) electrons. The van der Waals surface area contributed by atoms with Crippen molar-refractivity contribution in [2.75, 3.05) is 10.2 Å². The number of nitrogens with one attached hydrogen (secondary N) is 2. The summed E-state index contributed by atoms with van der Waals surface area (Å²) in [5.74, 6) is -0.108. The van der Waals surface area contributed by atoms with E-state index in [9.17, 15) is 4.79 Å². The van der Waals surface area contributed by atoms with Gasteiger partial charge in [-0.15, -0.1) is 0 Å². The van der Waals surface area contributed by atoms with Gasteiger partial charge < -0.3 is 20.1 Å². The molecule has 0 saturated carbocycles. The normalized spacial score (nSPS) is 17.1. The van der Waals surface area contributed by atoms with Crippen LogP contribution in [0.4, 0.5) is 11.4 Å². The number of hydrogen-bond donors (Lipinski definition) is 2. The van der Waals surface area contributed by atoms with E-state index in [2.05, 4.69) is 51.1 Å². The van der Waals surface area contributed by atoms with Crippen LogP contribution >= 0.6 is 23.8 Å². The van der Waals surface area contributed by atoms with E-state index in [-0.39, 0.29) is 18.0 Å². The van der Waals surface area contributed by atoms with Gasteiger partial charge in [-0.1, -0.05) is 23.7 Å². The summed E-state index contributed by atoms with van der Waals surface area (Å²) in [6.45, 7) is 7.79. The summed E-state index contributed by atoms with van der Waals surface area (Å²) < 4.78 is 2.26. The zero-order chi connectivity index (χ0) is 26.3. The number of hydrogen-bond acceptors (Lipinski definition) is 3. The minimum absolute atomic E-state index is 0.108. The smallest absolute Gasteiger partial charge is 0.221 e. The van der Waals surface area contributed by atoms with Crippen molar-refractivity contribution in [1.82, 2.24) is 14.9 Å². The number of carbonyl (C=O) groups is 1. The van der Waals surface area contributed by atoms with E-state index in [0.29, 0.717) is 5.11 Å². The lowest BCUT2D eigenvalue weighted by atomic mass is 9.96. The highest BCUT2D eigenvalue weighted by Gasteiger charge is 2.42. The highest BCUT2D eigenvalue weighted by Crippen LogP contribution is 2.44. The van der Waals surface area contributed by atoms with Gasteiger partial charge in [-0.2, -0.15) is 0 Å². The van der Waals surface area contributed by atoms with Gasteiger partial charge in [-0.05, 0) is 98.7 Å². The van der Waals surface area contributed by atoms with E-state index in [1.54, 1.807) is 6.20 Å². The van der Waals surface area contributed by atoms with Gasteiger partial charge in [0.25, 0.3) is 0 Å². The van der Waals surface area contributed by atoms with Crippen molar-refractivity contribution in [2.24, 2.45) is 0 Å². The number of rotatable bonds is 5. The lowest BCUT2D eigenvalue weighted by Gasteiger charge is -2.28. The van der Waals surface area contributed by atoms with Crippen LogP contribution in [0.25, 0.3) is 5.69 Å². The lowest BCUT2D eigenvalue weighted by molar-refractivity contribution is -0.114. The van der Waals surface area contributed by atoms with E-state index in [4.69, 9.17) is 23.8 Å². The van der Waals surface area contributed by atoms with Crippen LogP contribution in [0.3, 0.4) is 0 Å². The molecule has 2 aromatic heterocycles. The van der Waals surface area contributed by atoms with Gasteiger partial charge in [-0.25, -0.2) is 0 Å². The third-order valence-corrected chi connectivity index (χ3v) is 7.56. The number of carbonyl (C=O) groups excluding carboxylic acids is 1. The first-order chi connectivity index (χ1) is 17.8. The standard InChI is InChI=1S/C29H28ClN5OS/c1-17-16-23(19(3)34(17)26-10-7-8-24(30)18(26)2)28-27(25-9-5-6-15-31-25)33-29(37)35(28)22-13-11-21(12-14-22)32-20(4)36/h5-16,27-28H,1-4H3,(H,32,36)(H,33,37)/t27-,28-/m1/s1. The number of amides is 1. The highest BCUT2D eigenvalue weighted by atomic mass is 35.5. The Morgan fingerprint density at radius 2 is 1.81 bits per heavy atom. The molecule has 1 saturated heterocycles. The summed E-state index contributed by atoms with van der Waals surface area (Å²) in [5, 5.41) is 7.71. The Morgan fingerprint density at radius 1 is 1.05 bits per heavy atom. The maximum absolute atomic E-state index is 11.5. The summed E-state index contributed by atoms with van der Waals surface area (Å²) >= 11 is 12.4. The molecule has 8 heteroatoms. The molecule has 1 aliphatic heterocycles. The number of thiocarbonyl (C=S) groups is 1. The molecule has 2 N–H and O–H groups in total. The third-order valence-electron chi connectivity index (χ3n) is 6.83. The number of halogens is 1. The van der Waals surface area contributed by atoms with E-state index in [0.717, 1.165) is 50.3 Å². The Labute approximate surface area is 227 Å². The molecule has 0 unspecified atom stereocenters. The Hall–Kier alpha value is -3.68. The molecule has 2 atom stereocenters. The van der Waals surface area contributed by atoms with Crippen molar-refractivity contribution >= 4 is 46.2 Å². The van der Waals surface area contributed by atoms with Crippen molar-refractivity contribution in [3.63, 3.8) is 0 Å². The lowest BCUT2D eigenvalue weighted by Crippen LogP contribution is -2.29. The quantitative estimate of drug-likeness (QED) is 0.286. The SMILES string of the molecule is CC(=O)Nc1ccc(N2C(=S)N[C@H](c3ccccn3)[C@H]2c2cc(C)n(-c3cccc(Cl)c3C)c2C)cc1. The van der Waals surface area contributed by atoms with Crippen LogP contribution < -0.4 is 15.5 Å². The van der Waals surface area contributed by atoms with Crippen LogP contribution in [-0.2, 0) is 4.79 Å². The van der Waals surface area contributed by atoms with E-state index >= 15 is 0 Å². The average molecular weight is 530 g/mol. The van der Waals surface area contributed by atoms with Crippen molar-refractivity contribution < 1.29 is 4.79 Å². The monoisotopic (exact) mass is 529 g/mol. The van der Waals surface area contributed by atoms with Crippen LogP contribution in [0.15, 0.2) is 72.9 Å². The number of benzene rings is 2. The molecular formula is C29H28ClN5OS. The van der Waals surface area contributed by atoms with Crippen LogP contribution in [0, 0.1) is 20.8 Å². The number of nitrogens with zero attached hydrogens (tertiary/aromatic N) is 3. The van der Waals surface area contributed by atoms with Crippen molar-refractivity contribution in [3.8, 4) is 5.69 Å². The van der Waals surface area contributed by atoms with Crippen LogP contribution in [0.2, 0.25) is 5.02 Å². The summed E-state index contributed by atoms with van der Waals surface area (Å²) in [6.07, 6.45) is 1.81. The van der Waals surface area contributed by atoms with Crippen molar-refractivity contribution in [3.05, 3.63) is 106 Å². The maximum atomic E-state index is 11.5. The molecule has 3 heterocycles. The first-order valence-electron chi connectivity index (χ1n) is 12.1. The molecule has 37 heavy (non-hydrogen) atoms. The van der Waals surface area contributed by atoms with Crippen LogP contribution in [0.5, 0.6) is 0 Å². The minimum atomic E-state index is -0.155. The summed E-state index contributed by atoms with van der Waals surface area (Å²) in [5.41, 5.74) is 8.03. The number of aromatic nitrogens is 2. The van der Waals surface area contributed by atoms with Gasteiger partial charge in [0.05, 0.1) is 17.8 Å². The first-order valence-corrected chi connectivity index (χ1v) is 12.9. The molecule has 1 amide bonds. The predicted molar refractivity (Wildman–Crippen MR) is 154 cm³/mol. The van der Waals surface area contributed by atoms with Crippen LogP contribution in [-0.4, -0.2) is 20.6 Å². The summed E-state index contributed by atoms with van der Waals surface area (Å²) in [6, 6.07) is 21.6. The third kappa shape index (κ3) is 4.61. The first kappa shape index (κ1) is 25.0. The predicted octanol–water partition coefficient (Wildman–Crippen LogP) is 6.59. The zero-order valence-corrected chi connectivity index (χ0v) is 22.7. The topological polar surface area (TPSA) is 62.2 Å².